The lowest BCUT2D eigenvalue weighted by Crippen LogP contribution is -2.08. The van der Waals surface area contributed by atoms with E-state index in [0.717, 1.165) is 28.4 Å². The van der Waals surface area contributed by atoms with Gasteiger partial charge in [-0.3, -0.25) is 0 Å². The molecular weight excluding hydrogens is 234 g/mol. The van der Waals surface area contributed by atoms with Gasteiger partial charge in [0, 0.05) is 13.2 Å². The molecule has 2 rings (SSSR count). The highest BCUT2D eigenvalue weighted by Gasteiger charge is 2.13. The summed E-state index contributed by atoms with van der Waals surface area (Å²) in [6.07, 6.45) is -0.0658. The molecule has 1 atom stereocenters. The highest BCUT2D eigenvalue weighted by Crippen LogP contribution is 2.27. The monoisotopic (exact) mass is 251 g/mol. The molecule has 92 valence electrons. The second kappa shape index (κ2) is 5.42. The van der Waals surface area contributed by atoms with Crippen molar-refractivity contribution in [1.82, 2.24) is 9.97 Å². The lowest BCUT2D eigenvalue weighted by Gasteiger charge is -2.12. The number of nitrogens with one attached hydrogen (secondary N) is 1. The molecule has 17 heavy (non-hydrogen) atoms. The van der Waals surface area contributed by atoms with E-state index in [1.54, 1.807) is 11.3 Å². The maximum absolute atomic E-state index is 5.54. The van der Waals surface area contributed by atoms with Crippen LogP contribution in [0.3, 0.4) is 0 Å². The van der Waals surface area contributed by atoms with Crippen molar-refractivity contribution in [3.05, 3.63) is 17.3 Å². The summed E-state index contributed by atoms with van der Waals surface area (Å²) in [6.45, 7) is 7.54. The second-order valence-corrected chi connectivity index (χ2v) is 4.59. The van der Waals surface area contributed by atoms with E-state index < -0.39 is 0 Å². The normalized spacial score (nSPS) is 12.9. The van der Waals surface area contributed by atoms with Crippen LogP contribution in [0, 0.1) is 0 Å². The lowest BCUT2D eigenvalue weighted by atomic mass is 10.3. The van der Waals surface area contributed by atoms with Gasteiger partial charge >= 0.3 is 0 Å². The predicted molar refractivity (Wildman–Crippen MR) is 71.6 cm³/mol. The van der Waals surface area contributed by atoms with Crippen molar-refractivity contribution in [2.75, 3.05) is 18.5 Å². The van der Waals surface area contributed by atoms with E-state index in [1.165, 1.54) is 0 Å². The first-order valence-electron chi connectivity index (χ1n) is 5.86. The number of hydrogen-bond acceptors (Lipinski definition) is 5. The number of anilines is 1. The number of hydrogen-bond donors (Lipinski definition) is 1. The first-order chi connectivity index (χ1) is 8.26. The smallest absolute Gasteiger partial charge is 0.160 e. The number of ether oxygens (including phenoxy) is 1. The van der Waals surface area contributed by atoms with Crippen molar-refractivity contribution in [3.63, 3.8) is 0 Å². The Morgan fingerprint density at radius 1 is 1.41 bits per heavy atom. The van der Waals surface area contributed by atoms with Gasteiger partial charge < -0.3 is 10.1 Å². The minimum atomic E-state index is -0.0658. The number of fused-ring (bicyclic) bond motifs is 1. The van der Waals surface area contributed by atoms with Gasteiger partial charge in [-0.1, -0.05) is 0 Å². The zero-order valence-electron chi connectivity index (χ0n) is 10.4. The highest BCUT2D eigenvalue weighted by molar-refractivity contribution is 7.16. The van der Waals surface area contributed by atoms with Crippen LogP contribution >= 0.6 is 11.3 Å². The van der Waals surface area contributed by atoms with Crippen molar-refractivity contribution < 1.29 is 4.74 Å². The van der Waals surface area contributed by atoms with Crippen LogP contribution in [0.2, 0.25) is 0 Å². The average Bonchev–Trinajstić information content (AvgIpc) is 2.78. The van der Waals surface area contributed by atoms with Gasteiger partial charge in [-0.2, -0.15) is 0 Å². The van der Waals surface area contributed by atoms with E-state index in [0.29, 0.717) is 6.61 Å². The third-order valence-electron chi connectivity index (χ3n) is 2.47. The van der Waals surface area contributed by atoms with Gasteiger partial charge in [-0.25, -0.2) is 9.97 Å². The highest BCUT2D eigenvalue weighted by atomic mass is 32.1. The van der Waals surface area contributed by atoms with Crippen LogP contribution in [0.25, 0.3) is 10.2 Å². The van der Waals surface area contributed by atoms with Crippen molar-refractivity contribution in [2.45, 2.75) is 26.9 Å². The van der Waals surface area contributed by atoms with Crippen LogP contribution in [0.5, 0.6) is 0 Å². The number of thiophene rings is 1. The zero-order valence-corrected chi connectivity index (χ0v) is 11.2. The summed E-state index contributed by atoms with van der Waals surface area (Å²) >= 11 is 1.63. The fraction of sp³-hybridized carbons (Fsp3) is 0.500. The quantitative estimate of drug-likeness (QED) is 0.886. The van der Waals surface area contributed by atoms with Crippen LogP contribution in [-0.2, 0) is 4.74 Å². The van der Waals surface area contributed by atoms with E-state index in [-0.39, 0.29) is 6.10 Å². The van der Waals surface area contributed by atoms with Gasteiger partial charge in [0.05, 0.1) is 5.39 Å². The Morgan fingerprint density at radius 2 is 2.24 bits per heavy atom. The molecule has 0 aliphatic heterocycles. The fourth-order valence-electron chi connectivity index (χ4n) is 1.68. The summed E-state index contributed by atoms with van der Waals surface area (Å²) in [5.74, 6) is 1.65. The molecule has 0 amide bonds. The maximum atomic E-state index is 5.54. The molecule has 0 bridgehead atoms. The Balaban J connectivity index is 2.43. The Kier molecular flexibility index (Phi) is 3.91. The van der Waals surface area contributed by atoms with Gasteiger partial charge in [-0.05, 0) is 32.2 Å². The van der Waals surface area contributed by atoms with Gasteiger partial charge in [0.2, 0.25) is 0 Å². The Labute approximate surface area is 105 Å². The maximum Gasteiger partial charge on any atom is 0.160 e. The Bertz CT molecular complexity index is 497. The minimum Gasteiger partial charge on any atom is -0.371 e. The molecular formula is C12H17N3OS. The zero-order chi connectivity index (χ0) is 12.3. The fourth-order valence-corrected chi connectivity index (χ4v) is 2.45. The molecule has 0 saturated heterocycles. The summed E-state index contributed by atoms with van der Waals surface area (Å²) in [5.41, 5.74) is 0. The topological polar surface area (TPSA) is 47.0 Å². The SMILES string of the molecule is CCNc1nc(C(C)OCC)nc2sccc12. The van der Waals surface area contributed by atoms with Gasteiger partial charge in [0.1, 0.15) is 16.8 Å². The first-order valence-corrected chi connectivity index (χ1v) is 6.74. The first kappa shape index (κ1) is 12.3. The predicted octanol–water partition coefficient (Wildman–Crippen LogP) is 3.22. The molecule has 0 radical (unpaired) electrons. The van der Waals surface area contributed by atoms with Crippen molar-refractivity contribution in [2.24, 2.45) is 0 Å². The molecule has 2 heterocycles. The molecule has 1 unspecified atom stereocenters. The van der Waals surface area contributed by atoms with Crippen molar-refractivity contribution >= 4 is 27.4 Å². The van der Waals surface area contributed by atoms with E-state index in [1.807, 2.05) is 25.3 Å². The van der Waals surface area contributed by atoms with E-state index in [9.17, 15) is 0 Å². The molecule has 0 aliphatic carbocycles. The van der Waals surface area contributed by atoms with Gasteiger partial charge in [0.15, 0.2) is 5.82 Å². The van der Waals surface area contributed by atoms with Crippen LogP contribution in [0.15, 0.2) is 11.4 Å². The van der Waals surface area contributed by atoms with Crippen LogP contribution in [-0.4, -0.2) is 23.1 Å². The Hall–Kier alpha value is -1.20. The van der Waals surface area contributed by atoms with Crippen molar-refractivity contribution in [3.8, 4) is 0 Å². The van der Waals surface area contributed by atoms with Crippen LogP contribution in [0.4, 0.5) is 5.82 Å². The largest absolute Gasteiger partial charge is 0.371 e. The molecule has 1 N–H and O–H groups in total. The lowest BCUT2D eigenvalue weighted by molar-refractivity contribution is 0.0704. The number of nitrogens with zero attached hydrogens (tertiary/aromatic N) is 2. The summed E-state index contributed by atoms with van der Waals surface area (Å²) in [4.78, 5) is 10.1. The standard InChI is InChI=1S/C12H17N3OS/c1-4-13-11-9-6-7-17-12(9)15-10(14-11)8(3)16-5-2/h6-8H,4-5H2,1-3H3,(H,13,14,15). The van der Waals surface area contributed by atoms with E-state index in [2.05, 4.69) is 22.2 Å². The van der Waals surface area contributed by atoms with E-state index in [4.69, 9.17) is 4.74 Å². The molecule has 4 nitrogen and oxygen atoms in total. The van der Waals surface area contributed by atoms with Gasteiger partial charge in [0.25, 0.3) is 0 Å². The molecule has 0 aliphatic rings. The summed E-state index contributed by atoms with van der Waals surface area (Å²) < 4.78 is 5.54. The third kappa shape index (κ3) is 2.56. The summed E-state index contributed by atoms with van der Waals surface area (Å²) in [6, 6.07) is 2.05. The molecule has 2 aromatic rings. The second-order valence-electron chi connectivity index (χ2n) is 3.70. The molecule has 2 aromatic heterocycles. The van der Waals surface area contributed by atoms with E-state index >= 15 is 0 Å². The Morgan fingerprint density at radius 3 is 2.94 bits per heavy atom. The molecule has 0 spiro atoms. The minimum absolute atomic E-state index is 0.0658. The number of rotatable bonds is 5. The molecule has 5 heteroatoms. The molecule has 0 aromatic carbocycles. The van der Waals surface area contributed by atoms with Gasteiger partial charge in [-0.15, -0.1) is 11.3 Å². The number of aromatic nitrogens is 2. The van der Waals surface area contributed by atoms with Crippen LogP contribution in [0.1, 0.15) is 32.7 Å². The summed E-state index contributed by atoms with van der Waals surface area (Å²) in [5, 5.41) is 6.40. The molecule has 0 saturated carbocycles. The van der Waals surface area contributed by atoms with Crippen molar-refractivity contribution in [1.29, 1.82) is 0 Å². The summed E-state index contributed by atoms with van der Waals surface area (Å²) in [7, 11) is 0. The average molecular weight is 251 g/mol. The van der Waals surface area contributed by atoms with Crippen LogP contribution < -0.4 is 5.32 Å². The molecule has 0 fully saturated rings. The third-order valence-corrected chi connectivity index (χ3v) is 3.27.